The number of rotatable bonds is 2. The van der Waals surface area contributed by atoms with Crippen LogP contribution in [0.1, 0.15) is 49.9 Å². The maximum atomic E-state index is 2.49. The van der Waals surface area contributed by atoms with Gasteiger partial charge in [0.15, 0.2) is 0 Å². The van der Waals surface area contributed by atoms with Crippen LogP contribution in [0, 0.1) is 0 Å². The van der Waals surface area contributed by atoms with Crippen LogP contribution in [0.3, 0.4) is 0 Å². The number of fused-ring (bicyclic) bond motifs is 15. The molecule has 2 aliphatic rings. The van der Waals surface area contributed by atoms with Gasteiger partial charge in [0.2, 0.25) is 0 Å². The fourth-order valence-electron chi connectivity index (χ4n) is 10.8. The smallest absolute Gasteiger partial charge is 0.0502 e. The molecule has 0 saturated heterocycles. The highest BCUT2D eigenvalue weighted by atomic mass is 15.2. The van der Waals surface area contributed by atoms with Gasteiger partial charge in [0, 0.05) is 22.2 Å². The first-order valence-electron chi connectivity index (χ1n) is 20.5. The van der Waals surface area contributed by atoms with Crippen LogP contribution < -0.4 is 9.80 Å². The maximum absolute atomic E-state index is 2.49. The summed E-state index contributed by atoms with van der Waals surface area (Å²) in [6.07, 6.45) is 0. The molecule has 0 aliphatic carbocycles. The summed E-state index contributed by atoms with van der Waals surface area (Å²) in [5.74, 6) is 0. The monoisotopic (exact) mass is 742 g/mol. The van der Waals surface area contributed by atoms with Gasteiger partial charge in [0.1, 0.15) is 0 Å². The van der Waals surface area contributed by atoms with Crippen molar-refractivity contribution in [2.75, 3.05) is 9.80 Å². The lowest BCUT2D eigenvalue weighted by atomic mass is 9.73. The maximum Gasteiger partial charge on any atom is 0.0502 e. The number of benzene rings is 10. The molecule has 0 atom stereocenters. The predicted octanol–water partition coefficient (Wildman–Crippen LogP) is 15.7. The molecule has 0 radical (unpaired) electrons. The van der Waals surface area contributed by atoms with E-state index in [2.05, 4.69) is 219 Å². The zero-order valence-corrected chi connectivity index (χ0v) is 33.2. The molecule has 0 bridgehead atoms. The molecule has 12 rings (SSSR count). The van der Waals surface area contributed by atoms with Gasteiger partial charge in [0.25, 0.3) is 0 Å². The molecule has 58 heavy (non-hydrogen) atoms. The Hall–Kier alpha value is -6.90. The summed E-state index contributed by atoms with van der Waals surface area (Å²) in [7, 11) is 0. The number of anilines is 6. The van der Waals surface area contributed by atoms with Crippen LogP contribution in [0.25, 0.3) is 53.9 Å². The van der Waals surface area contributed by atoms with Gasteiger partial charge in [-0.1, -0.05) is 161 Å². The van der Waals surface area contributed by atoms with Crippen molar-refractivity contribution in [2.24, 2.45) is 0 Å². The highest BCUT2D eigenvalue weighted by molar-refractivity contribution is 6.40. The molecule has 0 N–H and O–H groups in total. The van der Waals surface area contributed by atoms with E-state index in [0.717, 1.165) is 0 Å². The average Bonchev–Trinajstić information content (AvgIpc) is 3.26. The quantitative estimate of drug-likeness (QED) is 0.163. The predicted molar refractivity (Wildman–Crippen MR) is 248 cm³/mol. The van der Waals surface area contributed by atoms with E-state index in [1.807, 2.05) is 0 Å². The minimum atomic E-state index is -0.124. The summed E-state index contributed by atoms with van der Waals surface area (Å²) in [5.41, 5.74) is 12.4. The fourth-order valence-corrected chi connectivity index (χ4v) is 10.8. The number of nitrogens with zero attached hydrogens (tertiary/aromatic N) is 2. The molecule has 0 unspecified atom stereocenters. The van der Waals surface area contributed by atoms with E-state index in [9.17, 15) is 0 Å². The number of hydrogen-bond donors (Lipinski definition) is 0. The molecule has 0 saturated carbocycles. The summed E-state index contributed by atoms with van der Waals surface area (Å²) in [4.78, 5) is 4.98. The van der Waals surface area contributed by atoms with Gasteiger partial charge in [-0.15, -0.1) is 0 Å². The Balaban J connectivity index is 1.20. The van der Waals surface area contributed by atoms with Gasteiger partial charge >= 0.3 is 0 Å². The standard InChI is InChI=1S/C56H42N2/c1-55(2)45-21-9-13-25-49(45)57(50-26-14-10-22-46(50)55)35-29-31-39-37-17-5-8-20-42(37)54-44-34-36(30-32-40(44)38-18-6-7-19-41(38)53(54)43(39)33-35)58-51-27-15-11-23-47(51)56(3,4)48-24-12-16-28-52(48)58/h5-34H,1-4H3. The Morgan fingerprint density at radius 1 is 0.276 bits per heavy atom. The molecule has 10 aromatic carbocycles. The minimum absolute atomic E-state index is 0.124. The number of hydrogen-bond acceptors (Lipinski definition) is 2. The second-order valence-electron chi connectivity index (χ2n) is 17.3. The molecule has 2 heterocycles. The third-order valence-corrected chi connectivity index (χ3v) is 13.6. The van der Waals surface area contributed by atoms with Crippen molar-refractivity contribution in [1.82, 2.24) is 0 Å². The van der Waals surface area contributed by atoms with E-state index in [1.54, 1.807) is 0 Å². The van der Waals surface area contributed by atoms with Crippen LogP contribution in [0.4, 0.5) is 34.1 Å². The van der Waals surface area contributed by atoms with E-state index in [-0.39, 0.29) is 10.8 Å². The van der Waals surface area contributed by atoms with E-state index in [1.165, 1.54) is 110 Å². The van der Waals surface area contributed by atoms with Gasteiger partial charge in [-0.25, -0.2) is 0 Å². The summed E-state index contributed by atoms with van der Waals surface area (Å²) in [5, 5.41) is 12.8. The van der Waals surface area contributed by atoms with Crippen LogP contribution in [-0.2, 0) is 10.8 Å². The Morgan fingerprint density at radius 2 is 0.552 bits per heavy atom. The molecule has 2 nitrogen and oxygen atoms in total. The van der Waals surface area contributed by atoms with Crippen molar-refractivity contribution in [3.63, 3.8) is 0 Å². The van der Waals surface area contributed by atoms with Gasteiger partial charge in [-0.2, -0.15) is 0 Å². The number of para-hydroxylation sites is 4. The van der Waals surface area contributed by atoms with E-state index >= 15 is 0 Å². The Morgan fingerprint density at radius 3 is 0.897 bits per heavy atom. The van der Waals surface area contributed by atoms with Crippen molar-refractivity contribution in [3.05, 3.63) is 204 Å². The van der Waals surface area contributed by atoms with Crippen molar-refractivity contribution >= 4 is 88.0 Å². The topological polar surface area (TPSA) is 6.48 Å². The van der Waals surface area contributed by atoms with E-state index in [4.69, 9.17) is 0 Å². The zero-order chi connectivity index (χ0) is 38.9. The first kappa shape index (κ1) is 33.3. The third-order valence-electron chi connectivity index (χ3n) is 13.6. The van der Waals surface area contributed by atoms with E-state index < -0.39 is 0 Å². The van der Waals surface area contributed by atoms with Crippen molar-refractivity contribution in [2.45, 2.75) is 38.5 Å². The lowest BCUT2D eigenvalue weighted by Crippen LogP contribution is -2.30. The van der Waals surface area contributed by atoms with Gasteiger partial charge in [-0.3, -0.25) is 0 Å². The molecule has 2 heteroatoms. The minimum Gasteiger partial charge on any atom is -0.310 e. The zero-order valence-electron chi connectivity index (χ0n) is 33.2. The lowest BCUT2D eigenvalue weighted by molar-refractivity contribution is 0.632. The van der Waals surface area contributed by atoms with Crippen molar-refractivity contribution in [1.29, 1.82) is 0 Å². The summed E-state index contributed by atoms with van der Waals surface area (Å²) in [6, 6.07) is 68.3. The molecular weight excluding hydrogens is 701 g/mol. The van der Waals surface area contributed by atoms with Crippen LogP contribution in [-0.4, -0.2) is 0 Å². The van der Waals surface area contributed by atoms with Crippen LogP contribution in [0.5, 0.6) is 0 Å². The molecule has 0 spiro atoms. The molecular formula is C56H42N2. The van der Waals surface area contributed by atoms with E-state index in [0.29, 0.717) is 0 Å². The highest BCUT2D eigenvalue weighted by Crippen LogP contribution is 2.55. The molecule has 0 aromatic heterocycles. The Labute approximate surface area is 339 Å². The lowest BCUT2D eigenvalue weighted by Gasteiger charge is -2.42. The second-order valence-corrected chi connectivity index (χ2v) is 17.3. The SMILES string of the molecule is CC1(C)c2ccccc2N(c2ccc3c4ccccc4c4c5cc(N6c7ccccc7C(C)(C)c7ccccc76)ccc5c5ccccc5c4c3c2)c2ccccc21. The van der Waals surface area contributed by atoms with Gasteiger partial charge < -0.3 is 9.80 Å². The molecule has 0 fully saturated rings. The Kier molecular flexibility index (Phi) is 6.78. The summed E-state index contributed by atoms with van der Waals surface area (Å²) >= 11 is 0. The third kappa shape index (κ3) is 4.38. The van der Waals surface area contributed by atoms with Crippen LogP contribution in [0.15, 0.2) is 182 Å². The second kappa shape index (κ2) is 11.8. The fraction of sp³-hybridized carbons (Fsp3) is 0.107. The van der Waals surface area contributed by atoms with Gasteiger partial charge in [0.05, 0.1) is 22.7 Å². The molecule has 0 amide bonds. The van der Waals surface area contributed by atoms with Crippen molar-refractivity contribution in [3.8, 4) is 0 Å². The normalized spacial score (nSPS) is 15.1. The molecule has 2 aliphatic heterocycles. The Bertz CT molecular complexity index is 3040. The highest BCUT2D eigenvalue weighted by Gasteiger charge is 2.38. The molecule has 276 valence electrons. The van der Waals surface area contributed by atoms with Gasteiger partial charge in [-0.05, 0) is 125 Å². The van der Waals surface area contributed by atoms with Crippen molar-refractivity contribution < 1.29 is 0 Å². The summed E-state index contributed by atoms with van der Waals surface area (Å²) in [6.45, 7) is 9.43. The first-order valence-corrected chi connectivity index (χ1v) is 20.5. The average molecular weight is 743 g/mol. The first-order chi connectivity index (χ1) is 28.3. The van der Waals surface area contributed by atoms with Crippen LogP contribution >= 0.6 is 0 Å². The largest absolute Gasteiger partial charge is 0.310 e. The summed E-state index contributed by atoms with van der Waals surface area (Å²) < 4.78 is 0. The molecule has 10 aromatic rings. The van der Waals surface area contributed by atoms with Crippen LogP contribution in [0.2, 0.25) is 0 Å².